The van der Waals surface area contributed by atoms with Crippen molar-refractivity contribution < 1.29 is 19.0 Å². The Kier molecular flexibility index (Phi) is 7.95. The molecule has 1 amide bonds. The summed E-state index contributed by atoms with van der Waals surface area (Å²) in [6.45, 7) is 0. The Morgan fingerprint density at radius 3 is 2.38 bits per heavy atom. The van der Waals surface area contributed by atoms with E-state index in [4.69, 9.17) is 14.2 Å². The largest absolute Gasteiger partial charge is 0.497 e. The van der Waals surface area contributed by atoms with E-state index < -0.39 is 0 Å². The van der Waals surface area contributed by atoms with Gasteiger partial charge in [-0.15, -0.1) is 11.8 Å². The molecule has 2 aromatic carbocycles. The minimum absolute atomic E-state index is 0.172. The van der Waals surface area contributed by atoms with Gasteiger partial charge in [0.2, 0.25) is 5.91 Å². The summed E-state index contributed by atoms with van der Waals surface area (Å²) in [6.07, 6.45) is 0.240. The molecule has 164 valence electrons. The number of hydrogen-bond acceptors (Lipinski definition) is 7. The first-order chi connectivity index (χ1) is 15.6. The van der Waals surface area contributed by atoms with E-state index in [2.05, 4.69) is 16.4 Å². The summed E-state index contributed by atoms with van der Waals surface area (Å²) >= 11 is 1.37. The second kappa shape index (κ2) is 11.1. The van der Waals surface area contributed by atoms with Crippen LogP contribution in [0.1, 0.15) is 12.0 Å². The van der Waals surface area contributed by atoms with Gasteiger partial charge in [-0.1, -0.05) is 0 Å². The topological polar surface area (TPSA) is 93.5 Å². The minimum Gasteiger partial charge on any atom is -0.497 e. The summed E-state index contributed by atoms with van der Waals surface area (Å²) in [5, 5.41) is 12.9. The Morgan fingerprint density at radius 1 is 1.00 bits per heavy atom. The zero-order chi connectivity index (χ0) is 22.9. The van der Waals surface area contributed by atoms with E-state index in [1.54, 1.807) is 38.5 Å². The van der Waals surface area contributed by atoms with Crippen LogP contribution in [-0.4, -0.2) is 38.0 Å². The van der Waals surface area contributed by atoms with Crippen LogP contribution >= 0.6 is 11.8 Å². The molecular weight excluding hydrogens is 426 g/mol. The van der Waals surface area contributed by atoms with Gasteiger partial charge >= 0.3 is 0 Å². The van der Waals surface area contributed by atoms with E-state index in [9.17, 15) is 10.1 Å². The number of nitrogens with one attached hydrogen (secondary N) is 1. The lowest BCUT2D eigenvalue weighted by molar-refractivity contribution is -0.115. The van der Waals surface area contributed by atoms with Crippen LogP contribution in [0.25, 0.3) is 11.3 Å². The molecule has 0 aliphatic rings. The Labute approximate surface area is 191 Å². The first kappa shape index (κ1) is 23.0. The standard InChI is InChI=1S/C24H23N3O4S/c1-29-18-7-4-16(5-8-18)20-10-6-17(15-25)24(27-20)32-13-12-23(28)26-21-14-19(30-2)9-11-22(21)31-3/h4-11,14H,12-13H2,1-3H3,(H,26,28). The molecule has 1 N–H and O–H groups in total. The van der Waals surface area contributed by atoms with Gasteiger partial charge < -0.3 is 19.5 Å². The SMILES string of the molecule is COc1ccc(-c2ccc(C#N)c(SCCC(=O)Nc3cc(OC)ccc3OC)n2)cc1. The average molecular weight is 450 g/mol. The van der Waals surface area contributed by atoms with E-state index >= 15 is 0 Å². The summed E-state index contributed by atoms with van der Waals surface area (Å²) in [5.41, 5.74) is 2.68. The molecule has 0 radical (unpaired) electrons. The van der Waals surface area contributed by atoms with Gasteiger partial charge in [-0.3, -0.25) is 4.79 Å². The normalized spacial score (nSPS) is 10.2. The molecule has 0 spiro atoms. The Morgan fingerprint density at radius 2 is 1.72 bits per heavy atom. The molecule has 0 aliphatic carbocycles. The monoisotopic (exact) mass is 449 g/mol. The lowest BCUT2D eigenvalue weighted by Gasteiger charge is -2.12. The van der Waals surface area contributed by atoms with E-state index in [0.29, 0.717) is 33.5 Å². The number of methoxy groups -OCH3 is 3. The van der Waals surface area contributed by atoms with Crippen LogP contribution in [0, 0.1) is 11.3 Å². The van der Waals surface area contributed by atoms with Gasteiger partial charge in [0.1, 0.15) is 28.3 Å². The van der Waals surface area contributed by atoms with Gasteiger partial charge in [-0.2, -0.15) is 5.26 Å². The van der Waals surface area contributed by atoms with Gasteiger partial charge in [0.05, 0.1) is 38.3 Å². The lowest BCUT2D eigenvalue weighted by atomic mass is 10.1. The minimum atomic E-state index is -0.172. The van der Waals surface area contributed by atoms with Crippen molar-refractivity contribution in [3.63, 3.8) is 0 Å². The molecular formula is C24H23N3O4S. The number of nitrogens with zero attached hydrogens (tertiary/aromatic N) is 2. The molecule has 0 unspecified atom stereocenters. The number of thioether (sulfide) groups is 1. The fourth-order valence-corrected chi connectivity index (χ4v) is 3.84. The maximum absolute atomic E-state index is 12.5. The summed E-state index contributed by atoms with van der Waals surface area (Å²) in [4.78, 5) is 17.1. The highest BCUT2D eigenvalue weighted by Gasteiger charge is 2.12. The first-order valence-corrected chi connectivity index (χ1v) is 10.8. The van der Waals surface area contributed by atoms with Crippen molar-refractivity contribution in [2.24, 2.45) is 0 Å². The average Bonchev–Trinajstić information content (AvgIpc) is 2.84. The van der Waals surface area contributed by atoms with Crippen molar-refractivity contribution in [2.45, 2.75) is 11.4 Å². The number of ether oxygens (including phenoxy) is 3. The zero-order valence-corrected chi connectivity index (χ0v) is 18.9. The van der Waals surface area contributed by atoms with Crippen LogP contribution in [0.3, 0.4) is 0 Å². The van der Waals surface area contributed by atoms with Crippen molar-refractivity contribution in [3.8, 4) is 34.6 Å². The molecule has 0 fully saturated rings. The molecule has 1 aromatic heterocycles. The quantitative estimate of drug-likeness (QED) is 0.471. The van der Waals surface area contributed by atoms with Crippen molar-refractivity contribution in [3.05, 3.63) is 60.2 Å². The van der Waals surface area contributed by atoms with Crippen LogP contribution in [0.4, 0.5) is 5.69 Å². The highest BCUT2D eigenvalue weighted by molar-refractivity contribution is 7.99. The van der Waals surface area contributed by atoms with Crippen LogP contribution in [0.15, 0.2) is 59.6 Å². The molecule has 3 aromatic rings. The molecule has 0 saturated carbocycles. The second-order valence-corrected chi connectivity index (χ2v) is 7.69. The number of rotatable bonds is 9. The van der Waals surface area contributed by atoms with E-state index in [1.807, 2.05) is 30.3 Å². The summed E-state index contributed by atoms with van der Waals surface area (Å²) in [6, 6.07) is 18.5. The predicted molar refractivity (Wildman–Crippen MR) is 124 cm³/mol. The number of aromatic nitrogens is 1. The number of benzene rings is 2. The number of pyridine rings is 1. The molecule has 0 aliphatic heterocycles. The summed E-state index contributed by atoms with van der Waals surface area (Å²) in [7, 11) is 4.71. The maximum Gasteiger partial charge on any atom is 0.225 e. The fourth-order valence-electron chi connectivity index (χ4n) is 2.92. The highest BCUT2D eigenvalue weighted by Crippen LogP contribution is 2.30. The summed E-state index contributed by atoms with van der Waals surface area (Å²) < 4.78 is 15.7. The van der Waals surface area contributed by atoms with Gasteiger partial charge in [-0.25, -0.2) is 4.98 Å². The van der Waals surface area contributed by atoms with Gasteiger partial charge in [-0.05, 0) is 48.5 Å². The second-order valence-electron chi connectivity index (χ2n) is 6.60. The number of amides is 1. The molecule has 1 heterocycles. The van der Waals surface area contributed by atoms with Gasteiger partial charge in [0.15, 0.2) is 0 Å². The molecule has 0 saturated heterocycles. The molecule has 8 heteroatoms. The van der Waals surface area contributed by atoms with E-state index in [1.165, 1.54) is 18.9 Å². The molecule has 0 atom stereocenters. The third kappa shape index (κ3) is 5.71. The zero-order valence-electron chi connectivity index (χ0n) is 18.0. The van der Waals surface area contributed by atoms with Crippen LogP contribution < -0.4 is 19.5 Å². The number of nitriles is 1. The Bertz CT molecular complexity index is 1130. The smallest absolute Gasteiger partial charge is 0.225 e. The van der Waals surface area contributed by atoms with E-state index in [0.717, 1.165) is 17.0 Å². The van der Waals surface area contributed by atoms with Gasteiger partial charge in [0, 0.05) is 23.8 Å². The third-order valence-electron chi connectivity index (χ3n) is 4.62. The van der Waals surface area contributed by atoms with Crippen molar-refractivity contribution >= 4 is 23.4 Å². The molecule has 0 bridgehead atoms. The third-order valence-corrected chi connectivity index (χ3v) is 5.61. The summed E-state index contributed by atoms with van der Waals surface area (Å²) in [5.74, 6) is 2.22. The Hall–Kier alpha value is -3.70. The number of hydrogen-bond donors (Lipinski definition) is 1. The first-order valence-electron chi connectivity index (χ1n) is 9.78. The molecule has 7 nitrogen and oxygen atoms in total. The molecule has 32 heavy (non-hydrogen) atoms. The number of carbonyl (C=O) groups excluding carboxylic acids is 1. The lowest BCUT2D eigenvalue weighted by Crippen LogP contribution is -2.13. The van der Waals surface area contributed by atoms with Crippen molar-refractivity contribution in [1.29, 1.82) is 5.26 Å². The maximum atomic E-state index is 12.5. The van der Waals surface area contributed by atoms with Crippen molar-refractivity contribution in [1.82, 2.24) is 4.98 Å². The van der Waals surface area contributed by atoms with E-state index in [-0.39, 0.29) is 12.3 Å². The fraction of sp³-hybridized carbons (Fsp3) is 0.208. The van der Waals surface area contributed by atoms with Crippen LogP contribution in [0.5, 0.6) is 17.2 Å². The Balaban J connectivity index is 1.66. The molecule has 3 rings (SSSR count). The van der Waals surface area contributed by atoms with Crippen LogP contribution in [-0.2, 0) is 4.79 Å². The van der Waals surface area contributed by atoms with Gasteiger partial charge in [0.25, 0.3) is 0 Å². The number of carbonyl (C=O) groups is 1. The number of anilines is 1. The van der Waals surface area contributed by atoms with Crippen molar-refractivity contribution in [2.75, 3.05) is 32.4 Å². The highest BCUT2D eigenvalue weighted by atomic mass is 32.2. The van der Waals surface area contributed by atoms with Crippen LogP contribution in [0.2, 0.25) is 0 Å². The predicted octanol–water partition coefficient (Wildman–Crippen LogP) is 4.77.